The van der Waals surface area contributed by atoms with Crippen molar-refractivity contribution >= 4 is 27.3 Å². The number of amides is 1. The highest BCUT2D eigenvalue weighted by molar-refractivity contribution is 7.19. The van der Waals surface area contributed by atoms with E-state index in [9.17, 15) is 4.79 Å². The normalized spacial score (nSPS) is 14.5. The standard InChI is InChI=1S/C22H23N5O2S/c28-22(17-7-12-29-15-17)23-8-5-20-24-25-21-6-9-26(10-11-27(20)21)14-18-13-16-3-1-2-4-19(16)30-18/h1-4,7,12-13,15H,5-6,8-11,14H2,(H,23,28). The predicted molar refractivity (Wildman–Crippen MR) is 116 cm³/mol. The largest absolute Gasteiger partial charge is 0.472 e. The maximum Gasteiger partial charge on any atom is 0.254 e. The van der Waals surface area contributed by atoms with Gasteiger partial charge in [-0.15, -0.1) is 21.5 Å². The highest BCUT2D eigenvalue weighted by atomic mass is 32.1. The highest BCUT2D eigenvalue weighted by Gasteiger charge is 2.19. The van der Waals surface area contributed by atoms with E-state index in [4.69, 9.17) is 4.42 Å². The molecule has 5 rings (SSSR count). The van der Waals surface area contributed by atoms with Crippen molar-refractivity contribution in [3.63, 3.8) is 0 Å². The summed E-state index contributed by atoms with van der Waals surface area (Å²) in [4.78, 5) is 15.9. The molecule has 1 aliphatic heterocycles. The molecule has 1 aliphatic rings. The molecule has 0 saturated heterocycles. The molecule has 0 bridgehead atoms. The quantitative estimate of drug-likeness (QED) is 0.518. The summed E-state index contributed by atoms with van der Waals surface area (Å²) in [7, 11) is 0. The number of hydrogen-bond donors (Lipinski definition) is 1. The minimum absolute atomic E-state index is 0.131. The number of hydrogen-bond acceptors (Lipinski definition) is 6. The third-order valence-electron chi connectivity index (χ3n) is 5.47. The van der Waals surface area contributed by atoms with E-state index in [1.165, 1.54) is 27.5 Å². The lowest BCUT2D eigenvalue weighted by atomic mass is 10.2. The zero-order valence-corrected chi connectivity index (χ0v) is 17.4. The summed E-state index contributed by atoms with van der Waals surface area (Å²) in [5.41, 5.74) is 0.534. The smallest absolute Gasteiger partial charge is 0.254 e. The van der Waals surface area contributed by atoms with Crippen molar-refractivity contribution in [1.29, 1.82) is 0 Å². The fourth-order valence-corrected chi connectivity index (χ4v) is 5.00. The van der Waals surface area contributed by atoms with Gasteiger partial charge in [0, 0.05) is 55.1 Å². The molecular weight excluding hydrogens is 398 g/mol. The van der Waals surface area contributed by atoms with Gasteiger partial charge in [0.25, 0.3) is 5.91 Å². The van der Waals surface area contributed by atoms with Gasteiger partial charge in [-0.05, 0) is 23.6 Å². The molecule has 30 heavy (non-hydrogen) atoms. The lowest BCUT2D eigenvalue weighted by Gasteiger charge is -2.18. The molecule has 154 valence electrons. The second kappa shape index (κ2) is 8.41. The van der Waals surface area contributed by atoms with Crippen LogP contribution in [0.3, 0.4) is 0 Å². The molecule has 3 aromatic heterocycles. The van der Waals surface area contributed by atoms with Crippen LogP contribution < -0.4 is 5.32 Å². The zero-order chi connectivity index (χ0) is 20.3. The molecule has 4 heterocycles. The Bertz CT molecular complexity index is 1110. The van der Waals surface area contributed by atoms with Crippen molar-refractivity contribution in [3.8, 4) is 0 Å². The number of thiophene rings is 1. The van der Waals surface area contributed by atoms with Gasteiger partial charge >= 0.3 is 0 Å². The van der Waals surface area contributed by atoms with Crippen LogP contribution in [0.4, 0.5) is 0 Å². The third-order valence-corrected chi connectivity index (χ3v) is 6.57. The molecule has 1 amide bonds. The van der Waals surface area contributed by atoms with Crippen LogP contribution in [0.2, 0.25) is 0 Å². The van der Waals surface area contributed by atoms with Gasteiger partial charge in [-0.2, -0.15) is 0 Å². The first-order valence-electron chi connectivity index (χ1n) is 10.2. The molecule has 1 N–H and O–H groups in total. The van der Waals surface area contributed by atoms with Crippen molar-refractivity contribution in [2.75, 3.05) is 19.6 Å². The van der Waals surface area contributed by atoms with Crippen LogP contribution >= 0.6 is 11.3 Å². The Morgan fingerprint density at radius 2 is 2.10 bits per heavy atom. The van der Waals surface area contributed by atoms with E-state index in [0.29, 0.717) is 18.5 Å². The number of aromatic nitrogens is 3. The topological polar surface area (TPSA) is 76.2 Å². The average molecular weight is 422 g/mol. The number of fused-ring (bicyclic) bond motifs is 2. The van der Waals surface area contributed by atoms with Gasteiger partial charge in [-0.1, -0.05) is 18.2 Å². The van der Waals surface area contributed by atoms with Gasteiger partial charge < -0.3 is 14.3 Å². The average Bonchev–Trinajstić information content (AvgIpc) is 3.47. The first-order valence-corrected chi connectivity index (χ1v) is 11.0. The van der Waals surface area contributed by atoms with Gasteiger partial charge in [0.15, 0.2) is 0 Å². The molecule has 0 spiro atoms. The predicted octanol–water partition coefficient (Wildman–Crippen LogP) is 3.12. The summed E-state index contributed by atoms with van der Waals surface area (Å²) in [5, 5.41) is 13.0. The summed E-state index contributed by atoms with van der Waals surface area (Å²) >= 11 is 1.88. The highest BCUT2D eigenvalue weighted by Crippen LogP contribution is 2.26. The minimum Gasteiger partial charge on any atom is -0.472 e. The second-order valence-electron chi connectivity index (χ2n) is 7.48. The van der Waals surface area contributed by atoms with Crippen molar-refractivity contribution in [1.82, 2.24) is 25.0 Å². The molecule has 0 fully saturated rings. The van der Waals surface area contributed by atoms with E-state index < -0.39 is 0 Å². The second-order valence-corrected chi connectivity index (χ2v) is 8.65. The van der Waals surface area contributed by atoms with Crippen LogP contribution in [-0.2, 0) is 25.9 Å². The van der Waals surface area contributed by atoms with Gasteiger partial charge in [-0.3, -0.25) is 9.69 Å². The number of nitrogens with zero attached hydrogens (tertiary/aromatic N) is 4. The number of furan rings is 1. The van der Waals surface area contributed by atoms with E-state index in [1.54, 1.807) is 6.07 Å². The Morgan fingerprint density at radius 1 is 1.17 bits per heavy atom. The van der Waals surface area contributed by atoms with Crippen LogP contribution in [0.25, 0.3) is 10.1 Å². The molecule has 0 saturated carbocycles. The van der Waals surface area contributed by atoms with Crippen LogP contribution in [0.1, 0.15) is 26.9 Å². The third kappa shape index (κ3) is 4.01. The first kappa shape index (κ1) is 19.0. The summed E-state index contributed by atoms with van der Waals surface area (Å²) in [6.45, 7) is 4.30. The monoisotopic (exact) mass is 421 g/mol. The zero-order valence-electron chi connectivity index (χ0n) is 16.6. The van der Waals surface area contributed by atoms with Crippen LogP contribution in [0.15, 0.2) is 53.3 Å². The summed E-state index contributed by atoms with van der Waals surface area (Å²) < 4.78 is 8.52. The Balaban J connectivity index is 1.18. The van der Waals surface area contributed by atoms with E-state index in [-0.39, 0.29) is 5.91 Å². The molecule has 7 nitrogen and oxygen atoms in total. The van der Waals surface area contributed by atoms with Crippen LogP contribution in [0, 0.1) is 0 Å². The molecule has 4 aromatic rings. The Kier molecular flexibility index (Phi) is 5.33. The van der Waals surface area contributed by atoms with Gasteiger partial charge in [-0.25, -0.2) is 0 Å². The lowest BCUT2D eigenvalue weighted by Crippen LogP contribution is -2.27. The van der Waals surface area contributed by atoms with Crippen molar-refractivity contribution < 1.29 is 9.21 Å². The lowest BCUT2D eigenvalue weighted by molar-refractivity contribution is 0.0953. The molecule has 0 aliphatic carbocycles. The van der Waals surface area contributed by atoms with Crippen LogP contribution in [-0.4, -0.2) is 45.2 Å². The maximum atomic E-state index is 12.0. The first-order chi connectivity index (χ1) is 14.8. The number of benzene rings is 1. The van der Waals surface area contributed by atoms with Crippen molar-refractivity contribution in [3.05, 3.63) is 71.0 Å². The fourth-order valence-electron chi connectivity index (χ4n) is 3.89. The SMILES string of the molecule is O=C(NCCc1nnc2n1CCN(Cc1cc3ccccc3s1)CC2)c1ccoc1. The molecule has 8 heteroatoms. The van der Waals surface area contributed by atoms with Crippen LogP contribution in [0.5, 0.6) is 0 Å². The maximum absolute atomic E-state index is 12.0. The Morgan fingerprint density at radius 3 is 2.97 bits per heavy atom. The van der Waals surface area contributed by atoms with Gasteiger partial charge in [0.05, 0.1) is 11.8 Å². The molecule has 0 atom stereocenters. The van der Waals surface area contributed by atoms with E-state index in [0.717, 1.165) is 44.2 Å². The molecule has 1 aromatic carbocycles. The van der Waals surface area contributed by atoms with E-state index >= 15 is 0 Å². The fraction of sp³-hybridized carbons (Fsp3) is 0.318. The summed E-state index contributed by atoms with van der Waals surface area (Å²) in [6.07, 6.45) is 4.49. The summed E-state index contributed by atoms with van der Waals surface area (Å²) in [6, 6.07) is 12.5. The molecule has 0 unspecified atom stereocenters. The number of carbonyl (C=O) groups excluding carboxylic acids is 1. The van der Waals surface area contributed by atoms with Gasteiger partial charge in [0.1, 0.15) is 17.9 Å². The molecular formula is C22H23N5O2S. The van der Waals surface area contributed by atoms with E-state index in [2.05, 4.69) is 55.3 Å². The van der Waals surface area contributed by atoms with Crippen molar-refractivity contribution in [2.24, 2.45) is 0 Å². The van der Waals surface area contributed by atoms with Crippen molar-refractivity contribution in [2.45, 2.75) is 25.9 Å². The van der Waals surface area contributed by atoms with Gasteiger partial charge in [0.2, 0.25) is 0 Å². The summed E-state index contributed by atoms with van der Waals surface area (Å²) in [5.74, 6) is 1.83. The Labute approximate surface area is 178 Å². The minimum atomic E-state index is -0.131. The molecule has 0 radical (unpaired) electrons. The number of nitrogens with one attached hydrogen (secondary N) is 1. The van der Waals surface area contributed by atoms with E-state index in [1.807, 2.05) is 11.3 Å². The Hall–Kier alpha value is -2.97. The number of carbonyl (C=O) groups is 1. The number of rotatable bonds is 6.